The molecule has 17 heavy (non-hydrogen) atoms. The molecular weight excluding hydrogens is 218 g/mol. The molecule has 96 valence electrons. The van der Waals surface area contributed by atoms with Gasteiger partial charge in [-0.05, 0) is 26.0 Å². The summed E-state index contributed by atoms with van der Waals surface area (Å²) >= 11 is 0. The first-order valence-corrected chi connectivity index (χ1v) is 5.65. The van der Waals surface area contributed by atoms with Gasteiger partial charge in [0.15, 0.2) is 0 Å². The van der Waals surface area contributed by atoms with Crippen LogP contribution in [0.5, 0.6) is 0 Å². The number of nitrogens with one attached hydrogen (secondary N) is 1. The quantitative estimate of drug-likeness (QED) is 0.764. The van der Waals surface area contributed by atoms with Gasteiger partial charge in [-0.3, -0.25) is 4.79 Å². The van der Waals surface area contributed by atoms with E-state index in [1.54, 1.807) is 13.2 Å². The average Bonchev–Trinajstić information content (AvgIpc) is 2.70. The predicted octanol–water partition coefficient (Wildman–Crippen LogP) is 0.602. The maximum atomic E-state index is 11.9. The zero-order chi connectivity index (χ0) is 12.9. The highest BCUT2D eigenvalue weighted by Crippen LogP contribution is 2.03. The van der Waals surface area contributed by atoms with Crippen molar-refractivity contribution >= 4 is 5.91 Å². The molecule has 1 heterocycles. The summed E-state index contributed by atoms with van der Waals surface area (Å²) in [5.41, 5.74) is 6.04. The van der Waals surface area contributed by atoms with E-state index in [1.807, 2.05) is 30.7 Å². The smallest absolute Gasteiger partial charge is 0.267 e. The summed E-state index contributed by atoms with van der Waals surface area (Å²) in [6.45, 7) is 5.44. The van der Waals surface area contributed by atoms with Crippen molar-refractivity contribution in [2.75, 3.05) is 20.3 Å². The van der Waals surface area contributed by atoms with E-state index in [9.17, 15) is 4.79 Å². The van der Waals surface area contributed by atoms with Crippen LogP contribution >= 0.6 is 0 Å². The Morgan fingerprint density at radius 3 is 2.88 bits per heavy atom. The molecule has 0 aliphatic carbocycles. The van der Waals surface area contributed by atoms with E-state index in [0.29, 0.717) is 25.4 Å². The van der Waals surface area contributed by atoms with Gasteiger partial charge >= 0.3 is 0 Å². The van der Waals surface area contributed by atoms with Crippen LogP contribution in [0.2, 0.25) is 0 Å². The third-order valence-corrected chi connectivity index (χ3v) is 2.30. The molecule has 3 N–H and O–H groups in total. The lowest BCUT2D eigenvalue weighted by Crippen LogP contribution is -2.45. The summed E-state index contributed by atoms with van der Waals surface area (Å²) in [5.74, 6) is -0.107. The van der Waals surface area contributed by atoms with Crippen molar-refractivity contribution in [3.63, 3.8) is 0 Å². The number of methoxy groups -OCH3 is 1. The van der Waals surface area contributed by atoms with Crippen LogP contribution in [0.3, 0.4) is 0 Å². The molecule has 0 bridgehead atoms. The van der Waals surface area contributed by atoms with Gasteiger partial charge < -0.3 is 20.4 Å². The van der Waals surface area contributed by atoms with Crippen LogP contribution in [-0.4, -0.2) is 36.3 Å². The maximum absolute atomic E-state index is 11.9. The lowest BCUT2D eigenvalue weighted by atomic mass is 10.1. The molecule has 0 aliphatic heterocycles. The fourth-order valence-corrected chi connectivity index (χ4v) is 1.40. The van der Waals surface area contributed by atoms with Gasteiger partial charge in [0.1, 0.15) is 5.69 Å². The Balaban J connectivity index is 2.59. The van der Waals surface area contributed by atoms with Crippen molar-refractivity contribution in [3.8, 4) is 0 Å². The van der Waals surface area contributed by atoms with Gasteiger partial charge in [0, 0.05) is 31.9 Å². The number of rotatable bonds is 6. The minimum absolute atomic E-state index is 0.107. The Morgan fingerprint density at radius 2 is 2.29 bits per heavy atom. The number of aromatic nitrogens is 1. The second kappa shape index (κ2) is 5.84. The number of ether oxygens (including phenoxy) is 1. The molecule has 0 atom stereocenters. The number of hydrogen-bond acceptors (Lipinski definition) is 3. The molecule has 1 amide bonds. The molecule has 0 fully saturated rings. The highest BCUT2D eigenvalue weighted by molar-refractivity contribution is 5.92. The third kappa shape index (κ3) is 4.58. The summed E-state index contributed by atoms with van der Waals surface area (Å²) in [5, 5.41) is 2.82. The van der Waals surface area contributed by atoms with Gasteiger partial charge in [0.25, 0.3) is 5.91 Å². The van der Waals surface area contributed by atoms with E-state index < -0.39 is 5.54 Å². The number of hydrogen-bond donors (Lipinski definition) is 2. The van der Waals surface area contributed by atoms with Gasteiger partial charge in [0.2, 0.25) is 0 Å². The number of carbonyl (C=O) groups is 1. The van der Waals surface area contributed by atoms with Crippen LogP contribution in [0, 0.1) is 0 Å². The summed E-state index contributed by atoms with van der Waals surface area (Å²) < 4.78 is 6.86. The molecule has 0 saturated carbocycles. The van der Waals surface area contributed by atoms with Crippen molar-refractivity contribution in [1.82, 2.24) is 9.88 Å². The summed E-state index contributed by atoms with van der Waals surface area (Å²) in [7, 11) is 1.64. The van der Waals surface area contributed by atoms with Crippen LogP contribution in [0.25, 0.3) is 0 Å². The summed E-state index contributed by atoms with van der Waals surface area (Å²) in [6, 6.07) is 3.63. The Kier molecular flexibility index (Phi) is 4.72. The first kappa shape index (κ1) is 13.7. The van der Waals surface area contributed by atoms with E-state index in [2.05, 4.69) is 5.32 Å². The van der Waals surface area contributed by atoms with E-state index in [-0.39, 0.29) is 5.91 Å². The number of carbonyl (C=O) groups excluding carboxylic acids is 1. The SMILES string of the molecule is COCCn1cccc1C(=O)NCC(C)(C)N. The minimum Gasteiger partial charge on any atom is -0.383 e. The second-order valence-electron chi connectivity index (χ2n) is 4.75. The maximum Gasteiger partial charge on any atom is 0.267 e. The standard InChI is InChI=1S/C12H21N3O2/c1-12(2,13)9-14-11(16)10-5-4-6-15(10)7-8-17-3/h4-6H,7-9,13H2,1-3H3,(H,14,16). The Morgan fingerprint density at radius 1 is 1.59 bits per heavy atom. The molecule has 5 nitrogen and oxygen atoms in total. The van der Waals surface area contributed by atoms with Gasteiger partial charge in [0.05, 0.1) is 6.61 Å². The lowest BCUT2D eigenvalue weighted by molar-refractivity contribution is 0.0934. The largest absolute Gasteiger partial charge is 0.383 e. The molecule has 1 rings (SSSR count). The summed E-state index contributed by atoms with van der Waals surface area (Å²) in [6.07, 6.45) is 1.86. The highest BCUT2D eigenvalue weighted by atomic mass is 16.5. The predicted molar refractivity (Wildman–Crippen MR) is 66.9 cm³/mol. The Labute approximate surface area is 102 Å². The van der Waals surface area contributed by atoms with Crippen molar-refractivity contribution in [1.29, 1.82) is 0 Å². The van der Waals surface area contributed by atoms with Crippen molar-refractivity contribution in [2.24, 2.45) is 5.73 Å². The van der Waals surface area contributed by atoms with Crippen LogP contribution < -0.4 is 11.1 Å². The first-order chi connectivity index (χ1) is 7.94. The van der Waals surface area contributed by atoms with E-state index in [4.69, 9.17) is 10.5 Å². The molecule has 0 unspecified atom stereocenters. The molecule has 0 spiro atoms. The minimum atomic E-state index is -0.403. The van der Waals surface area contributed by atoms with Gasteiger partial charge in [-0.2, -0.15) is 0 Å². The van der Waals surface area contributed by atoms with Crippen molar-refractivity contribution in [3.05, 3.63) is 24.0 Å². The van der Waals surface area contributed by atoms with Gasteiger partial charge in [-0.1, -0.05) is 0 Å². The molecule has 1 aromatic heterocycles. The zero-order valence-electron chi connectivity index (χ0n) is 10.7. The van der Waals surface area contributed by atoms with Crippen LogP contribution in [0.1, 0.15) is 24.3 Å². The monoisotopic (exact) mass is 239 g/mol. The molecule has 0 saturated heterocycles. The normalized spacial score (nSPS) is 11.5. The lowest BCUT2D eigenvalue weighted by Gasteiger charge is -2.19. The highest BCUT2D eigenvalue weighted by Gasteiger charge is 2.15. The molecular formula is C12H21N3O2. The molecule has 1 aromatic rings. The molecule has 0 radical (unpaired) electrons. The van der Waals surface area contributed by atoms with E-state index >= 15 is 0 Å². The topological polar surface area (TPSA) is 69.3 Å². The number of nitrogens with zero attached hydrogens (tertiary/aromatic N) is 1. The average molecular weight is 239 g/mol. The van der Waals surface area contributed by atoms with Crippen molar-refractivity contribution in [2.45, 2.75) is 25.9 Å². The zero-order valence-corrected chi connectivity index (χ0v) is 10.7. The molecule has 5 heteroatoms. The fraction of sp³-hybridized carbons (Fsp3) is 0.583. The van der Waals surface area contributed by atoms with Gasteiger partial charge in [-0.25, -0.2) is 0 Å². The summed E-state index contributed by atoms with van der Waals surface area (Å²) in [4.78, 5) is 11.9. The van der Waals surface area contributed by atoms with Gasteiger partial charge in [-0.15, -0.1) is 0 Å². The van der Waals surface area contributed by atoms with Crippen molar-refractivity contribution < 1.29 is 9.53 Å². The second-order valence-corrected chi connectivity index (χ2v) is 4.75. The van der Waals surface area contributed by atoms with Crippen LogP contribution in [-0.2, 0) is 11.3 Å². The molecule has 0 aromatic carbocycles. The Bertz CT molecular complexity index is 366. The Hall–Kier alpha value is -1.33. The van der Waals surface area contributed by atoms with E-state index in [0.717, 1.165) is 0 Å². The fourth-order valence-electron chi connectivity index (χ4n) is 1.40. The first-order valence-electron chi connectivity index (χ1n) is 5.65. The number of nitrogens with two attached hydrogens (primary N) is 1. The van der Waals surface area contributed by atoms with Crippen LogP contribution in [0.15, 0.2) is 18.3 Å². The van der Waals surface area contributed by atoms with E-state index in [1.165, 1.54) is 0 Å². The number of amides is 1. The third-order valence-electron chi connectivity index (χ3n) is 2.30. The molecule has 0 aliphatic rings. The van der Waals surface area contributed by atoms with Crippen LogP contribution in [0.4, 0.5) is 0 Å².